The molecule has 0 unspecified atom stereocenters. The quantitative estimate of drug-likeness (QED) is 0.727. The SMILES string of the molecule is C=C=CNc1c(C(C)C)ccc(C=C)c1C. The Hall–Kier alpha value is -1.72. The van der Waals surface area contributed by atoms with Crippen molar-refractivity contribution in [2.24, 2.45) is 0 Å². The highest BCUT2D eigenvalue weighted by atomic mass is 14.8. The standard InChI is InChI=1S/C15H19N/c1-6-10-16-15-12(5)13(7-2)8-9-14(15)11(3)4/h7-11,16H,1-2H2,3-5H3. The second-order valence-corrected chi connectivity index (χ2v) is 4.10. The van der Waals surface area contributed by atoms with E-state index in [-0.39, 0.29) is 0 Å². The molecule has 1 N–H and O–H groups in total. The van der Waals surface area contributed by atoms with E-state index in [1.54, 1.807) is 6.20 Å². The first-order valence-corrected chi connectivity index (χ1v) is 5.48. The Kier molecular flexibility index (Phi) is 4.16. The summed E-state index contributed by atoms with van der Waals surface area (Å²) in [5.41, 5.74) is 7.55. The molecule has 0 atom stereocenters. The smallest absolute Gasteiger partial charge is 0.0455 e. The van der Waals surface area contributed by atoms with Gasteiger partial charge in [-0.2, -0.15) is 0 Å². The minimum atomic E-state index is 0.485. The monoisotopic (exact) mass is 213 g/mol. The van der Waals surface area contributed by atoms with Gasteiger partial charge in [0.15, 0.2) is 0 Å². The van der Waals surface area contributed by atoms with E-state index in [0.29, 0.717) is 5.92 Å². The highest BCUT2D eigenvalue weighted by Crippen LogP contribution is 2.30. The molecule has 0 amide bonds. The molecule has 1 rings (SSSR count). The summed E-state index contributed by atoms with van der Waals surface area (Å²) in [7, 11) is 0. The molecule has 1 heteroatoms. The van der Waals surface area contributed by atoms with E-state index in [2.05, 4.69) is 57.1 Å². The minimum Gasteiger partial charge on any atom is -0.355 e. The first-order valence-electron chi connectivity index (χ1n) is 5.48. The number of rotatable bonds is 4. The van der Waals surface area contributed by atoms with Crippen molar-refractivity contribution in [1.29, 1.82) is 0 Å². The van der Waals surface area contributed by atoms with Crippen LogP contribution in [0.1, 0.15) is 36.5 Å². The van der Waals surface area contributed by atoms with Crippen molar-refractivity contribution in [2.45, 2.75) is 26.7 Å². The molecular formula is C15H19N. The predicted octanol–water partition coefficient (Wildman–Crippen LogP) is 4.47. The number of nitrogens with one attached hydrogen (secondary N) is 1. The van der Waals surface area contributed by atoms with E-state index in [1.165, 1.54) is 11.1 Å². The Morgan fingerprint density at radius 1 is 1.38 bits per heavy atom. The number of hydrogen-bond donors (Lipinski definition) is 1. The maximum atomic E-state index is 3.82. The van der Waals surface area contributed by atoms with E-state index in [4.69, 9.17) is 0 Å². The van der Waals surface area contributed by atoms with Crippen molar-refractivity contribution in [3.8, 4) is 0 Å². The Morgan fingerprint density at radius 3 is 2.56 bits per heavy atom. The zero-order valence-electron chi connectivity index (χ0n) is 10.3. The molecule has 1 nitrogen and oxygen atoms in total. The molecule has 0 radical (unpaired) electrons. The predicted molar refractivity (Wildman–Crippen MR) is 72.7 cm³/mol. The van der Waals surface area contributed by atoms with Crippen LogP contribution in [0.4, 0.5) is 5.69 Å². The molecule has 0 aliphatic rings. The van der Waals surface area contributed by atoms with Crippen molar-refractivity contribution in [1.82, 2.24) is 0 Å². The molecule has 1 aromatic carbocycles. The van der Waals surface area contributed by atoms with Gasteiger partial charge in [0.25, 0.3) is 0 Å². The van der Waals surface area contributed by atoms with Crippen molar-refractivity contribution in [3.05, 3.63) is 53.9 Å². The molecule has 0 heterocycles. The van der Waals surface area contributed by atoms with Crippen molar-refractivity contribution >= 4 is 11.8 Å². The summed E-state index contributed by atoms with van der Waals surface area (Å²) in [6.45, 7) is 13.9. The van der Waals surface area contributed by atoms with Gasteiger partial charge in [0, 0.05) is 11.9 Å². The molecule has 0 aromatic heterocycles. The Bertz CT molecular complexity index is 435. The van der Waals surface area contributed by atoms with Crippen molar-refractivity contribution in [2.75, 3.05) is 5.32 Å². The number of anilines is 1. The van der Waals surface area contributed by atoms with Crippen LogP contribution in [0.25, 0.3) is 6.08 Å². The van der Waals surface area contributed by atoms with Gasteiger partial charge in [0.2, 0.25) is 0 Å². The van der Waals surface area contributed by atoms with Crippen LogP contribution in [0, 0.1) is 6.92 Å². The first-order chi connectivity index (χ1) is 7.61. The maximum absolute atomic E-state index is 3.82. The largest absolute Gasteiger partial charge is 0.355 e. The fourth-order valence-electron chi connectivity index (χ4n) is 1.77. The third-order valence-corrected chi connectivity index (χ3v) is 2.70. The zero-order valence-corrected chi connectivity index (χ0v) is 10.3. The van der Waals surface area contributed by atoms with Gasteiger partial charge in [0.1, 0.15) is 0 Å². The molecule has 84 valence electrons. The highest BCUT2D eigenvalue weighted by molar-refractivity contribution is 5.68. The zero-order chi connectivity index (χ0) is 12.1. The van der Waals surface area contributed by atoms with Crippen LogP contribution in [-0.4, -0.2) is 0 Å². The summed E-state index contributed by atoms with van der Waals surface area (Å²) >= 11 is 0. The van der Waals surface area contributed by atoms with Gasteiger partial charge < -0.3 is 5.32 Å². The summed E-state index contributed by atoms with van der Waals surface area (Å²) in [4.78, 5) is 0. The molecule has 0 saturated carbocycles. The molecule has 0 spiro atoms. The lowest BCUT2D eigenvalue weighted by atomic mass is 9.95. The van der Waals surface area contributed by atoms with Crippen LogP contribution in [0.3, 0.4) is 0 Å². The van der Waals surface area contributed by atoms with Gasteiger partial charge in [-0.15, -0.1) is 5.73 Å². The average molecular weight is 213 g/mol. The van der Waals surface area contributed by atoms with Crippen molar-refractivity contribution < 1.29 is 0 Å². The summed E-state index contributed by atoms with van der Waals surface area (Å²) in [6.07, 6.45) is 3.61. The fraction of sp³-hybridized carbons (Fsp3) is 0.267. The third kappa shape index (κ3) is 2.44. The van der Waals surface area contributed by atoms with Gasteiger partial charge in [-0.25, -0.2) is 0 Å². The van der Waals surface area contributed by atoms with Gasteiger partial charge in [-0.3, -0.25) is 0 Å². The Morgan fingerprint density at radius 2 is 2.06 bits per heavy atom. The lowest BCUT2D eigenvalue weighted by Crippen LogP contribution is -2.00. The topological polar surface area (TPSA) is 12.0 Å². The van der Waals surface area contributed by atoms with Crippen LogP contribution in [0.15, 0.2) is 37.2 Å². The number of hydrogen-bond acceptors (Lipinski definition) is 1. The summed E-state index contributed by atoms with van der Waals surface area (Å²) in [5, 5.41) is 3.24. The molecule has 0 fully saturated rings. The van der Waals surface area contributed by atoms with Gasteiger partial charge in [0.05, 0.1) is 0 Å². The average Bonchev–Trinajstić information content (AvgIpc) is 2.26. The van der Waals surface area contributed by atoms with E-state index < -0.39 is 0 Å². The normalized spacial score (nSPS) is 9.75. The van der Waals surface area contributed by atoms with Gasteiger partial charge in [-0.1, -0.05) is 45.2 Å². The maximum Gasteiger partial charge on any atom is 0.0455 e. The van der Waals surface area contributed by atoms with E-state index in [0.717, 1.165) is 11.3 Å². The second-order valence-electron chi connectivity index (χ2n) is 4.10. The molecular weight excluding hydrogens is 194 g/mol. The van der Waals surface area contributed by atoms with Gasteiger partial charge in [-0.05, 0) is 29.5 Å². The molecule has 1 aromatic rings. The molecule has 0 saturated heterocycles. The van der Waals surface area contributed by atoms with Gasteiger partial charge >= 0.3 is 0 Å². The minimum absolute atomic E-state index is 0.485. The Labute approximate surface area is 98.2 Å². The van der Waals surface area contributed by atoms with Crippen LogP contribution in [0.5, 0.6) is 0 Å². The lowest BCUT2D eigenvalue weighted by molar-refractivity contribution is 0.867. The van der Waals surface area contributed by atoms with E-state index >= 15 is 0 Å². The lowest BCUT2D eigenvalue weighted by Gasteiger charge is -2.17. The number of benzene rings is 1. The molecule has 0 bridgehead atoms. The highest BCUT2D eigenvalue weighted by Gasteiger charge is 2.10. The fourth-order valence-corrected chi connectivity index (χ4v) is 1.77. The second kappa shape index (κ2) is 5.39. The van der Waals surface area contributed by atoms with Crippen LogP contribution >= 0.6 is 0 Å². The third-order valence-electron chi connectivity index (χ3n) is 2.70. The van der Waals surface area contributed by atoms with E-state index in [1.807, 2.05) is 6.08 Å². The molecule has 0 aliphatic heterocycles. The Balaban J connectivity index is 3.35. The van der Waals surface area contributed by atoms with Crippen LogP contribution in [0.2, 0.25) is 0 Å². The molecule has 16 heavy (non-hydrogen) atoms. The van der Waals surface area contributed by atoms with Crippen molar-refractivity contribution in [3.63, 3.8) is 0 Å². The first kappa shape index (κ1) is 12.4. The summed E-state index contributed by atoms with van der Waals surface area (Å²) < 4.78 is 0. The summed E-state index contributed by atoms with van der Waals surface area (Å²) in [5.74, 6) is 0.485. The van der Waals surface area contributed by atoms with Crippen LogP contribution in [-0.2, 0) is 0 Å². The van der Waals surface area contributed by atoms with Crippen LogP contribution < -0.4 is 5.32 Å². The summed E-state index contributed by atoms with van der Waals surface area (Å²) in [6, 6.07) is 4.26. The van der Waals surface area contributed by atoms with E-state index in [9.17, 15) is 0 Å². The molecule has 0 aliphatic carbocycles.